The van der Waals surface area contributed by atoms with E-state index >= 15 is 0 Å². The normalized spacial score (nSPS) is 26.4. The van der Waals surface area contributed by atoms with Gasteiger partial charge in [-0.25, -0.2) is 4.39 Å². The van der Waals surface area contributed by atoms with E-state index < -0.39 is 0 Å². The third-order valence-corrected chi connectivity index (χ3v) is 4.32. The van der Waals surface area contributed by atoms with Gasteiger partial charge in [-0.05, 0) is 41.5 Å². The predicted molar refractivity (Wildman–Crippen MR) is 67.3 cm³/mol. The topological polar surface area (TPSA) is 41.8 Å². The van der Waals surface area contributed by atoms with Crippen LogP contribution in [0.5, 0.6) is 0 Å². The van der Waals surface area contributed by atoms with Gasteiger partial charge in [0, 0.05) is 17.1 Å². The van der Waals surface area contributed by atoms with Gasteiger partial charge in [0.15, 0.2) is 0 Å². The van der Waals surface area contributed by atoms with Crippen molar-refractivity contribution in [2.45, 2.75) is 19.8 Å². The van der Waals surface area contributed by atoms with Crippen molar-refractivity contribution in [3.8, 4) is 0 Å². The molecule has 0 radical (unpaired) electrons. The Morgan fingerprint density at radius 2 is 2.18 bits per heavy atom. The van der Waals surface area contributed by atoms with E-state index in [1.165, 1.54) is 6.07 Å². The van der Waals surface area contributed by atoms with E-state index in [0.29, 0.717) is 18.4 Å². The third kappa shape index (κ3) is 1.35. The van der Waals surface area contributed by atoms with E-state index in [1.54, 1.807) is 6.07 Å². The lowest BCUT2D eigenvalue weighted by molar-refractivity contribution is 0.558. The van der Waals surface area contributed by atoms with Gasteiger partial charge in [-0.15, -0.1) is 0 Å². The zero-order chi connectivity index (χ0) is 12.2. The number of benzene rings is 1. The summed E-state index contributed by atoms with van der Waals surface area (Å²) in [7, 11) is 0. The quantitative estimate of drug-likeness (QED) is 0.821. The molecule has 2 aromatic rings. The molecule has 0 unspecified atom stereocenters. The minimum Gasteiger partial charge on any atom is -0.361 e. The van der Waals surface area contributed by atoms with Crippen LogP contribution in [0.15, 0.2) is 24.4 Å². The lowest BCUT2D eigenvalue weighted by atomic mass is 10.0. The van der Waals surface area contributed by atoms with Crippen molar-refractivity contribution in [2.75, 3.05) is 6.54 Å². The average molecular weight is 232 g/mol. The molecule has 0 saturated heterocycles. The monoisotopic (exact) mass is 232 g/mol. The minimum atomic E-state index is -0.141. The summed E-state index contributed by atoms with van der Waals surface area (Å²) in [5.41, 5.74) is 7.93. The first-order chi connectivity index (χ1) is 8.07. The molecule has 1 heterocycles. The van der Waals surface area contributed by atoms with Gasteiger partial charge in [-0.3, -0.25) is 0 Å². The molecule has 1 aliphatic rings. The van der Waals surface area contributed by atoms with Gasteiger partial charge >= 0.3 is 0 Å². The third-order valence-electron chi connectivity index (χ3n) is 4.32. The molecular formula is C14H17FN2. The molecule has 2 atom stereocenters. The van der Waals surface area contributed by atoms with Crippen LogP contribution in [0, 0.1) is 17.2 Å². The van der Waals surface area contributed by atoms with Crippen LogP contribution in [0.2, 0.25) is 0 Å². The Bertz CT molecular complexity index is 571. The smallest absolute Gasteiger partial charge is 0.132 e. The fraction of sp³-hybridized carbons (Fsp3) is 0.429. The number of aromatic amines is 1. The van der Waals surface area contributed by atoms with Crippen LogP contribution in [-0.2, 0) is 0 Å². The van der Waals surface area contributed by atoms with E-state index in [-0.39, 0.29) is 11.2 Å². The number of nitrogens with two attached hydrogens (primary N) is 1. The Kier molecular flexibility index (Phi) is 2.11. The van der Waals surface area contributed by atoms with Crippen LogP contribution in [0.3, 0.4) is 0 Å². The number of hydrogen-bond donors (Lipinski definition) is 2. The van der Waals surface area contributed by atoms with Gasteiger partial charge in [0.05, 0.1) is 0 Å². The average Bonchev–Trinajstić information content (AvgIpc) is 2.67. The van der Waals surface area contributed by atoms with E-state index in [9.17, 15) is 4.39 Å². The zero-order valence-electron chi connectivity index (χ0n) is 10.1. The summed E-state index contributed by atoms with van der Waals surface area (Å²) in [5, 5.41) is 0.738. The Labute approximate surface area is 100 Å². The molecule has 0 amide bonds. The molecule has 1 aromatic heterocycles. The van der Waals surface area contributed by atoms with Crippen molar-refractivity contribution in [3.63, 3.8) is 0 Å². The molecular weight excluding hydrogens is 215 g/mol. The predicted octanol–water partition coefficient (Wildman–Crippen LogP) is 3.01. The van der Waals surface area contributed by atoms with Crippen molar-refractivity contribution in [1.29, 1.82) is 0 Å². The lowest BCUT2D eigenvalue weighted by Gasteiger charge is -2.02. The van der Waals surface area contributed by atoms with Gasteiger partial charge < -0.3 is 10.7 Å². The number of nitrogens with one attached hydrogen (secondary N) is 1. The van der Waals surface area contributed by atoms with E-state index in [0.717, 1.165) is 16.5 Å². The van der Waals surface area contributed by atoms with Crippen LogP contribution in [-0.4, -0.2) is 11.5 Å². The zero-order valence-corrected chi connectivity index (χ0v) is 10.1. The van der Waals surface area contributed by atoms with E-state index in [1.807, 2.05) is 12.3 Å². The van der Waals surface area contributed by atoms with Gasteiger partial charge in [0.25, 0.3) is 0 Å². The Hall–Kier alpha value is -1.35. The number of rotatable bonds is 2. The maximum absolute atomic E-state index is 13.9. The second-order valence-electron chi connectivity index (χ2n) is 5.55. The summed E-state index contributed by atoms with van der Waals surface area (Å²) >= 11 is 0. The first-order valence-corrected chi connectivity index (χ1v) is 6.03. The summed E-state index contributed by atoms with van der Waals surface area (Å²) < 4.78 is 13.9. The second-order valence-corrected chi connectivity index (χ2v) is 5.55. The molecule has 0 bridgehead atoms. The molecule has 2 nitrogen and oxygen atoms in total. The molecule has 17 heavy (non-hydrogen) atoms. The van der Waals surface area contributed by atoms with Crippen LogP contribution in [0.4, 0.5) is 4.39 Å². The molecule has 3 heteroatoms. The van der Waals surface area contributed by atoms with Gasteiger partial charge in [-0.1, -0.05) is 19.9 Å². The molecule has 90 valence electrons. The van der Waals surface area contributed by atoms with Crippen molar-refractivity contribution in [2.24, 2.45) is 17.1 Å². The second kappa shape index (κ2) is 3.33. The maximum atomic E-state index is 13.9. The summed E-state index contributed by atoms with van der Waals surface area (Å²) in [6.45, 7) is 5.07. The fourth-order valence-corrected chi connectivity index (χ4v) is 3.21. The van der Waals surface area contributed by atoms with Crippen LogP contribution in [0.1, 0.15) is 25.3 Å². The summed E-state index contributed by atoms with van der Waals surface area (Å²) in [5.74, 6) is 0.691. The number of hydrogen-bond acceptors (Lipinski definition) is 1. The highest BCUT2D eigenvalue weighted by atomic mass is 19.1. The van der Waals surface area contributed by atoms with E-state index in [2.05, 4.69) is 18.8 Å². The Morgan fingerprint density at radius 1 is 1.41 bits per heavy atom. The highest BCUT2D eigenvalue weighted by Crippen LogP contribution is 2.64. The van der Waals surface area contributed by atoms with Crippen molar-refractivity contribution in [3.05, 3.63) is 35.8 Å². The van der Waals surface area contributed by atoms with Crippen molar-refractivity contribution < 1.29 is 4.39 Å². The molecule has 0 aliphatic heterocycles. The lowest BCUT2D eigenvalue weighted by Crippen LogP contribution is -2.05. The summed E-state index contributed by atoms with van der Waals surface area (Å²) in [6, 6.07) is 5.16. The molecule has 1 saturated carbocycles. The summed E-state index contributed by atoms with van der Waals surface area (Å²) in [4.78, 5) is 3.15. The van der Waals surface area contributed by atoms with Crippen LogP contribution >= 0.6 is 0 Å². The number of aromatic nitrogens is 1. The maximum Gasteiger partial charge on any atom is 0.132 e. The van der Waals surface area contributed by atoms with Crippen LogP contribution in [0.25, 0.3) is 10.9 Å². The molecule has 1 fully saturated rings. The Balaban J connectivity index is 2.14. The van der Waals surface area contributed by atoms with E-state index in [4.69, 9.17) is 5.73 Å². The first-order valence-electron chi connectivity index (χ1n) is 6.03. The molecule has 3 N–H and O–H groups in total. The van der Waals surface area contributed by atoms with Gasteiger partial charge in [0.2, 0.25) is 0 Å². The molecule has 1 aromatic carbocycles. The highest BCUT2D eigenvalue weighted by molar-refractivity contribution is 5.85. The fourth-order valence-electron chi connectivity index (χ4n) is 3.21. The van der Waals surface area contributed by atoms with Crippen LogP contribution < -0.4 is 5.73 Å². The first kappa shape index (κ1) is 10.8. The highest BCUT2D eigenvalue weighted by Gasteiger charge is 2.57. The van der Waals surface area contributed by atoms with Crippen molar-refractivity contribution >= 4 is 10.9 Å². The SMILES string of the molecule is CC1(C)[C@@H](CN)[C@@H]1c1c[nH]c2cccc(F)c12. The molecule has 0 spiro atoms. The number of H-pyrrole nitrogens is 1. The van der Waals surface area contributed by atoms with Crippen molar-refractivity contribution in [1.82, 2.24) is 4.98 Å². The number of halogens is 1. The van der Waals surface area contributed by atoms with Gasteiger partial charge in [-0.2, -0.15) is 0 Å². The number of fused-ring (bicyclic) bond motifs is 1. The van der Waals surface area contributed by atoms with Gasteiger partial charge in [0.1, 0.15) is 5.82 Å². The Morgan fingerprint density at radius 3 is 2.82 bits per heavy atom. The molecule has 1 aliphatic carbocycles. The minimum absolute atomic E-state index is 0.141. The molecule has 3 rings (SSSR count). The standard InChI is InChI=1S/C14H17FN2/c1-14(2)9(6-16)13(14)8-7-17-11-5-3-4-10(15)12(8)11/h3-5,7,9,13,17H,6,16H2,1-2H3/t9-,13-/m0/s1. The summed E-state index contributed by atoms with van der Waals surface area (Å²) in [6.07, 6.45) is 1.94. The largest absolute Gasteiger partial charge is 0.361 e.